The van der Waals surface area contributed by atoms with Gasteiger partial charge in [-0.25, -0.2) is 0 Å². The second-order valence-electron chi connectivity index (χ2n) is 6.20. The van der Waals surface area contributed by atoms with Crippen molar-refractivity contribution >= 4 is 0 Å². The van der Waals surface area contributed by atoms with Crippen molar-refractivity contribution in [3.05, 3.63) is 0 Å². The van der Waals surface area contributed by atoms with Crippen molar-refractivity contribution in [1.82, 2.24) is 15.1 Å². The number of likely N-dealkylation sites (tertiary alicyclic amines) is 1. The van der Waals surface area contributed by atoms with Crippen molar-refractivity contribution in [1.29, 1.82) is 0 Å². The lowest BCUT2D eigenvalue weighted by Gasteiger charge is -2.34. The molecule has 3 nitrogen and oxygen atoms in total. The molecular weight excluding hydrogens is 198 g/mol. The quantitative estimate of drug-likeness (QED) is 0.760. The summed E-state index contributed by atoms with van der Waals surface area (Å²) in [7, 11) is 0. The van der Waals surface area contributed by atoms with Gasteiger partial charge in [-0.2, -0.15) is 0 Å². The minimum Gasteiger partial charge on any atom is -0.314 e. The van der Waals surface area contributed by atoms with Crippen molar-refractivity contribution in [2.75, 3.05) is 32.7 Å². The van der Waals surface area contributed by atoms with Crippen LogP contribution in [-0.4, -0.2) is 60.1 Å². The molecule has 0 aromatic heterocycles. The molecule has 1 atom stereocenters. The molecule has 0 saturated carbocycles. The van der Waals surface area contributed by atoms with Crippen molar-refractivity contribution in [3.63, 3.8) is 0 Å². The van der Waals surface area contributed by atoms with Crippen molar-refractivity contribution in [3.8, 4) is 0 Å². The van der Waals surface area contributed by atoms with E-state index in [-0.39, 0.29) is 0 Å². The van der Waals surface area contributed by atoms with Gasteiger partial charge in [0.1, 0.15) is 0 Å². The molecule has 3 heteroatoms. The van der Waals surface area contributed by atoms with Gasteiger partial charge in [-0.3, -0.25) is 9.80 Å². The summed E-state index contributed by atoms with van der Waals surface area (Å²) in [6.45, 7) is 15.5. The van der Waals surface area contributed by atoms with E-state index in [1.165, 1.54) is 39.1 Å². The molecule has 16 heavy (non-hydrogen) atoms. The van der Waals surface area contributed by atoms with Gasteiger partial charge in [0.25, 0.3) is 0 Å². The third kappa shape index (κ3) is 2.41. The maximum absolute atomic E-state index is 3.44. The molecule has 2 fully saturated rings. The van der Waals surface area contributed by atoms with E-state index in [2.05, 4.69) is 42.8 Å². The Kier molecular flexibility index (Phi) is 3.57. The van der Waals surface area contributed by atoms with Crippen LogP contribution < -0.4 is 5.32 Å². The molecule has 2 aliphatic rings. The maximum Gasteiger partial charge on any atom is 0.0241 e. The van der Waals surface area contributed by atoms with Crippen LogP contribution in [0.3, 0.4) is 0 Å². The minimum absolute atomic E-state index is 0.379. The second kappa shape index (κ2) is 4.63. The van der Waals surface area contributed by atoms with E-state index >= 15 is 0 Å². The van der Waals surface area contributed by atoms with Gasteiger partial charge in [-0.05, 0) is 34.1 Å². The second-order valence-corrected chi connectivity index (χ2v) is 6.20. The van der Waals surface area contributed by atoms with Gasteiger partial charge in [0, 0.05) is 50.3 Å². The minimum atomic E-state index is 0.379. The van der Waals surface area contributed by atoms with Crippen LogP contribution in [-0.2, 0) is 0 Å². The Balaban J connectivity index is 1.99. The third-order valence-electron chi connectivity index (χ3n) is 4.21. The predicted octanol–water partition coefficient (Wildman–Crippen LogP) is 1.15. The van der Waals surface area contributed by atoms with E-state index in [4.69, 9.17) is 0 Å². The molecule has 1 N–H and O–H groups in total. The van der Waals surface area contributed by atoms with E-state index in [1.54, 1.807) is 0 Å². The van der Waals surface area contributed by atoms with Crippen LogP contribution in [0.2, 0.25) is 0 Å². The monoisotopic (exact) mass is 225 g/mol. The Morgan fingerprint density at radius 3 is 2.31 bits per heavy atom. The molecule has 0 aromatic carbocycles. The summed E-state index contributed by atoms with van der Waals surface area (Å²) >= 11 is 0. The van der Waals surface area contributed by atoms with Gasteiger partial charge in [0.2, 0.25) is 0 Å². The van der Waals surface area contributed by atoms with Gasteiger partial charge < -0.3 is 5.32 Å². The highest BCUT2D eigenvalue weighted by Crippen LogP contribution is 2.33. The molecule has 2 heterocycles. The molecule has 0 bridgehead atoms. The fourth-order valence-corrected chi connectivity index (χ4v) is 3.43. The number of nitrogens with one attached hydrogen (secondary N) is 1. The molecule has 0 spiro atoms. The normalized spacial score (nSPS) is 32.4. The standard InChI is InChI=1S/C13H27N3/c1-11(2)16-10-12(9-13(16,3)4)15-7-5-14-6-8-15/h11-12,14H,5-10H2,1-4H3. The van der Waals surface area contributed by atoms with Crippen molar-refractivity contribution in [2.45, 2.75) is 51.7 Å². The first-order valence-corrected chi connectivity index (χ1v) is 6.72. The maximum atomic E-state index is 3.44. The lowest BCUT2D eigenvalue weighted by Crippen LogP contribution is -2.49. The van der Waals surface area contributed by atoms with Gasteiger partial charge in [0.15, 0.2) is 0 Å². The van der Waals surface area contributed by atoms with Crippen LogP contribution in [0.1, 0.15) is 34.1 Å². The Labute approximate surface area is 100 Å². The first-order valence-electron chi connectivity index (χ1n) is 6.72. The smallest absolute Gasteiger partial charge is 0.0241 e. The number of hydrogen-bond donors (Lipinski definition) is 1. The molecule has 0 radical (unpaired) electrons. The molecule has 0 aliphatic carbocycles. The Bertz CT molecular complexity index is 231. The Morgan fingerprint density at radius 1 is 1.19 bits per heavy atom. The molecule has 0 amide bonds. The summed E-state index contributed by atoms with van der Waals surface area (Å²) in [5, 5.41) is 3.44. The number of piperazine rings is 1. The van der Waals surface area contributed by atoms with Gasteiger partial charge in [-0.15, -0.1) is 0 Å². The summed E-state index contributed by atoms with van der Waals surface area (Å²) in [6.07, 6.45) is 1.32. The molecule has 94 valence electrons. The molecule has 2 aliphatic heterocycles. The van der Waals surface area contributed by atoms with E-state index in [0.717, 1.165) is 6.04 Å². The topological polar surface area (TPSA) is 18.5 Å². The summed E-state index contributed by atoms with van der Waals surface area (Å²) in [5.74, 6) is 0. The summed E-state index contributed by atoms with van der Waals surface area (Å²) in [5.41, 5.74) is 0.379. The fraction of sp³-hybridized carbons (Fsp3) is 1.00. The van der Waals surface area contributed by atoms with Crippen LogP contribution >= 0.6 is 0 Å². The third-order valence-corrected chi connectivity index (χ3v) is 4.21. The van der Waals surface area contributed by atoms with Crippen LogP contribution in [0, 0.1) is 0 Å². The average Bonchev–Trinajstić information content (AvgIpc) is 2.56. The van der Waals surface area contributed by atoms with Crippen molar-refractivity contribution in [2.24, 2.45) is 0 Å². The van der Waals surface area contributed by atoms with Gasteiger partial charge in [0.05, 0.1) is 0 Å². The van der Waals surface area contributed by atoms with E-state index < -0.39 is 0 Å². The molecule has 2 rings (SSSR count). The fourth-order valence-electron chi connectivity index (χ4n) is 3.43. The summed E-state index contributed by atoms with van der Waals surface area (Å²) in [4.78, 5) is 5.35. The molecule has 0 aromatic rings. The van der Waals surface area contributed by atoms with Crippen LogP contribution in [0.4, 0.5) is 0 Å². The van der Waals surface area contributed by atoms with Gasteiger partial charge in [-0.1, -0.05) is 0 Å². The highest BCUT2D eigenvalue weighted by atomic mass is 15.3. The highest BCUT2D eigenvalue weighted by Gasteiger charge is 2.41. The van der Waals surface area contributed by atoms with E-state index in [9.17, 15) is 0 Å². The summed E-state index contributed by atoms with van der Waals surface area (Å²) < 4.78 is 0. The van der Waals surface area contributed by atoms with Gasteiger partial charge >= 0.3 is 0 Å². The highest BCUT2D eigenvalue weighted by molar-refractivity contribution is 4.98. The zero-order valence-corrected chi connectivity index (χ0v) is 11.3. The van der Waals surface area contributed by atoms with Crippen LogP contribution in [0.5, 0.6) is 0 Å². The first kappa shape index (κ1) is 12.3. The number of hydrogen-bond acceptors (Lipinski definition) is 3. The molecule has 1 unspecified atom stereocenters. The summed E-state index contributed by atoms with van der Waals surface area (Å²) in [6, 6.07) is 1.45. The lowest BCUT2D eigenvalue weighted by atomic mass is 9.98. The van der Waals surface area contributed by atoms with Crippen LogP contribution in [0.15, 0.2) is 0 Å². The van der Waals surface area contributed by atoms with E-state index in [1.807, 2.05) is 0 Å². The molecule has 2 saturated heterocycles. The number of rotatable bonds is 2. The average molecular weight is 225 g/mol. The van der Waals surface area contributed by atoms with Crippen molar-refractivity contribution < 1.29 is 0 Å². The zero-order valence-electron chi connectivity index (χ0n) is 11.3. The van der Waals surface area contributed by atoms with Crippen LogP contribution in [0.25, 0.3) is 0 Å². The lowest BCUT2D eigenvalue weighted by molar-refractivity contribution is 0.129. The largest absolute Gasteiger partial charge is 0.314 e. The Hall–Kier alpha value is -0.120. The number of nitrogens with zero attached hydrogens (tertiary/aromatic N) is 2. The SMILES string of the molecule is CC(C)N1CC(N2CCNCC2)CC1(C)C. The first-order chi connectivity index (χ1) is 7.50. The molecular formula is C13H27N3. The van der Waals surface area contributed by atoms with E-state index in [0.29, 0.717) is 11.6 Å². The predicted molar refractivity (Wildman–Crippen MR) is 68.8 cm³/mol. The zero-order chi connectivity index (χ0) is 11.8. The Morgan fingerprint density at radius 2 is 1.81 bits per heavy atom.